The molecule has 3 rings (SSSR count). The zero-order valence-electron chi connectivity index (χ0n) is 10.8. The molecule has 0 saturated carbocycles. The number of hydrogen-bond acceptors (Lipinski definition) is 3. The maximum Gasteiger partial charge on any atom is 0.306 e. The summed E-state index contributed by atoms with van der Waals surface area (Å²) in [4.78, 5) is 15.5. The summed E-state index contributed by atoms with van der Waals surface area (Å²) in [7, 11) is 0. The van der Waals surface area contributed by atoms with Gasteiger partial charge in [-0.3, -0.25) is 4.79 Å². The molecule has 1 aliphatic carbocycles. The van der Waals surface area contributed by atoms with Crippen LogP contribution < -0.4 is 0 Å². The van der Waals surface area contributed by atoms with Gasteiger partial charge >= 0.3 is 5.97 Å². The SMILES string of the molecule is O=C(O)C1CCc2oc(Cc3ccccc3Cl)nc2C1. The van der Waals surface area contributed by atoms with Crippen LogP contribution in [0.3, 0.4) is 0 Å². The first-order valence-electron chi connectivity index (χ1n) is 6.57. The molecule has 5 heteroatoms. The Morgan fingerprint density at radius 1 is 1.45 bits per heavy atom. The molecule has 1 unspecified atom stereocenters. The van der Waals surface area contributed by atoms with Crippen LogP contribution in [-0.2, 0) is 24.1 Å². The number of benzene rings is 1. The van der Waals surface area contributed by atoms with Gasteiger partial charge in [-0.1, -0.05) is 29.8 Å². The van der Waals surface area contributed by atoms with Gasteiger partial charge in [0.1, 0.15) is 5.76 Å². The second-order valence-corrected chi connectivity index (χ2v) is 5.43. The first kappa shape index (κ1) is 13.2. The van der Waals surface area contributed by atoms with Crippen molar-refractivity contribution in [1.29, 1.82) is 0 Å². The van der Waals surface area contributed by atoms with E-state index in [-0.39, 0.29) is 5.92 Å². The number of nitrogens with zero attached hydrogens (tertiary/aromatic N) is 1. The number of oxazole rings is 1. The molecule has 1 atom stereocenters. The normalized spacial score (nSPS) is 17.8. The van der Waals surface area contributed by atoms with Crippen LogP contribution in [0.25, 0.3) is 0 Å². The number of carboxylic acid groups (broad SMARTS) is 1. The van der Waals surface area contributed by atoms with Gasteiger partial charge in [-0.2, -0.15) is 0 Å². The fourth-order valence-corrected chi connectivity index (χ4v) is 2.73. The Morgan fingerprint density at radius 3 is 3.00 bits per heavy atom. The van der Waals surface area contributed by atoms with Crippen LogP contribution >= 0.6 is 11.6 Å². The smallest absolute Gasteiger partial charge is 0.306 e. The Morgan fingerprint density at radius 2 is 2.25 bits per heavy atom. The molecular weight excluding hydrogens is 278 g/mol. The summed E-state index contributed by atoms with van der Waals surface area (Å²) in [6.45, 7) is 0. The van der Waals surface area contributed by atoms with Crippen LogP contribution in [0.15, 0.2) is 28.7 Å². The van der Waals surface area contributed by atoms with Crippen LogP contribution in [-0.4, -0.2) is 16.1 Å². The van der Waals surface area contributed by atoms with Crippen molar-refractivity contribution in [1.82, 2.24) is 4.98 Å². The van der Waals surface area contributed by atoms with Crippen molar-refractivity contribution in [2.75, 3.05) is 0 Å². The minimum atomic E-state index is -0.758. The van der Waals surface area contributed by atoms with Gasteiger partial charge in [0, 0.05) is 17.9 Å². The molecule has 0 fully saturated rings. The first-order chi connectivity index (χ1) is 9.63. The summed E-state index contributed by atoms with van der Waals surface area (Å²) >= 11 is 6.12. The van der Waals surface area contributed by atoms with Crippen molar-refractivity contribution < 1.29 is 14.3 Å². The average Bonchev–Trinajstić information content (AvgIpc) is 2.82. The zero-order valence-corrected chi connectivity index (χ0v) is 11.6. The van der Waals surface area contributed by atoms with Gasteiger partial charge < -0.3 is 9.52 Å². The number of rotatable bonds is 3. The van der Waals surface area contributed by atoms with Gasteiger partial charge in [0.05, 0.1) is 18.0 Å². The highest BCUT2D eigenvalue weighted by Crippen LogP contribution is 2.27. The van der Waals surface area contributed by atoms with E-state index in [1.165, 1.54) is 0 Å². The first-order valence-corrected chi connectivity index (χ1v) is 6.95. The van der Waals surface area contributed by atoms with E-state index in [2.05, 4.69) is 4.98 Å². The van der Waals surface area contributed by atoms with Gasteiger partial charge in [-0.25, -0.2) is 4.98 Å². The van der Waals surface area contributed by atoms with E-state index >= 15 is 0 Å². The second-order valence-electron chi connectivity index (χ2n) is 5.02. The molecule has 1 heterocycles. The van der Waals surface area contributed by atoms with Crippen molar-refractivity contribution in [3.05, 3.63) is 52.2 Å². The highest BCUT2D eigenvalue weighted by molar-refractivity contribution is 6.31. The summed E-state index contributed by atoms with van der Waals surface area (Å²) in [5, 5.41) is 9.75. The summed E-state index contributed by atoms with van der Waals surface area (Å²) in [6.07, 6.45) is 2.24. The van der Waals surface area contributed by atoms with Gasteiger partial charge in [0.25, 0.3) is 0 Å². The number of aryl methyl sites for hydroxylation is 1. The van der Waals surface area contributed by atoms with Gasteiger partial charge in [-0.05, 0) is 18.1 Å². The third-order valence-electron chi connectivity index (χ3n) is 3.63. The fraction of sp³-hybridized carbons (Fsp3) is 0.333. The number of hydrogen-bond donors (Lipinski definition) is 1. The molecule has 104 valence electrons. The predicted molar refractivity (Wildman–Crippen MR) is 73.9 cm³/mol. The maximum atomic E-state index is 11.0. The van der Waals surface area contributed by atoms with Gasteiger partial charge in [0.15, 0.2) is 5.89 Å². The number of aliphatic carboxylic acids is 1. The van der Waals surface area contributed by atoms with Crippen molar-refractivity contribution >= 4 is 17.6 Å². The highest BCUT2D eigenvalue weighted by Gasteiger charge is 2.28. The largest absolute Gasteiger partial charge is 0.481 e. The third kappa shape index (κ3) is 2.56. The molecule has 0 bridgehead atoms. The van der Waals surface area contributed by atoms with E-state index in [9.17, 15) is 4.79 Å². The summed E-state index contributed by atoms with van der Waals surface area (Å²) in [5.41, 5.74) is 1.74. The lowest BCUT2D eigenvalue weighted by Gasteiger charge is -2.15. The molecule has 0 amide bonds. The molecule has 20 heavy (non-hydrogen) atoms. The van der Waals surface area contributed by atoms with Crippen molar-refractivity contribution in [3.8, 4) is 0 Å². The second kappa shape index (κ2) is 5.29. The maximum absolute atomic E-state index is 11.0. The van der Waals surface area contributed by atoms with E-state index in [4.69, 9.17) is 21.1 Å². The Labute approximate surface area is 121 Å². The molecule has 0 aliphatic heterocycles. The van der Waals surface area contributed by atoms with Crippen molar-refractivity contribution in [2.45, 2.75) is 25.7 Å². The minimum absolute atomic E-state index is 0.347. The monoisotopic (exact) mass is 291 g/mol. The van der Waals surface area contributed by atoms with Gasteiger partial charge in [0.2, 0.25) is 0 Å². The molecule has 4 nitrogen and oxygen atoms in total. The van der Waals surface area contributed by atoms with Crippen LogP contribution in [0, 0.1) is 5.92 Å². The Hall–Kier alpha value is -1.81. The van der Waals surface area contributed by atoms with E-state index in [0.717, 1.165) is 17.0 Å². The standard InChI is InChI=1S/C15H14ClNO3/c16-11-4-2-1-3-9(11)8-14-17-12-7-10(15(18)19)5-6-13(12)20-14/h1-4,10H,5-8H2,(H,18,19). The number of halogens is 1. The average molecular weight is 292 g/mol. The Bertz CT molecular complexity index is 650. The molecule has 2 aromatic rings. The predicted octanol–water partition coefficient (Wildman–Crippen LogP) is 3.11. The topological polar surface area (TPSA) is 63.3 Å². The third-order valence-corrected chi connectivity index (χ3v) is 4.00. The summed E-state index contributed by atoms with van der Waals surface area (Å²) < 4.78 is 5.73. The van der Waals surface area contributed by atoms with E-state index in [1.807, 2.05) is 24.3 Å². The molecule has 0 spiro atoms. The molecule has 1 aliphatic rings. The lowest BCUT2D eigenvalue weighted by Crippen LogP contribution is -2.21. The number of aromatic nitrogens is 1. The van der Waals surface area contributed by atoms with Crippen LogP contribution in [0.1, 0.15) is 29.3 Å². The number of fused-ring (bicyclic) bond motifs is 1. The number of carboxylic acids is 1. The molecule has 0 saturated heterocycles. The lowest BCUT2D eigenvalue weighted by molar-refractivity contribution is -0.142. The zero-order chi connectivity index (χ0) is 14.1. The van der Waals surface area contributed by atoms with Crippen LogP contribution in [0.5, 0.6) is 0 Å². The molecule has 1 N–H and O–H groups in total. The summed E-state index contributed by atoms with van der Waals surface area (Å²) in [5.74, 6) is 0.325. The Balaban J connectivity index is 1.81. The van der Waals surface area contributed by atoms with Crippen molar-refractivity contribution in [3.63, 3.8) is 0 Å². The van der Waals surface area contributed by atoms with Gasteiger partial charge in [-0.15, -0.1) is 0 Å². The number of carbonyl (C=O) groups is 1. The van der Waals surface area contributed by atoms with Crippen molar-refractivity contribution in [2.24, 2.45) is 5.92 Å². The van der Waals surface area contributed by atoms with Crippen LogP contribution in [0.4, 0.5) is 0 Å². The Kier molecular flexibility index (Phi) is 3.49. The van der Waals surface area contributed by atoms with Crippen LogP contribution in [0.2, 0.25) is 5.02 Å². The molecular formula is C15H14ClNO3. The van der Waals surface area contributed by atoms with E-state index in [0.29, 0.717) is 36.6 Å². The molecule has 1 aromatic heterocycles. The molecule has 1 aromatic carbocycles. The highest BCUT2D eigenvalue weighted by atomic mass is 35.5. The fourth-order valence-electron chi connectivity index (χ4n) is 2.52. The quantitative estimate of drug-likeness (QED) is 0.944. The van der Waals surface area contributed by atoms with E-state index < -0.39 is 5.97 Å². The minimum Gasteiger partial charge on any atom is -0.481 e. The lowest BCUT2D eigenvalue weighted by atomic mass is 9.90. The molecule has 0 radical (unpaired) electrons. The van der Waals surface area contributed by atoms with E-state index in [1.54, 1.807) is 0 Å². The summed E-state index contributed by atoms with van der Waals surface area (Å²) in [6, 6.07) is 7.57.